The predicted octanol–water partition coefficient (Wildman–Crippen LogP) is 3.99. The fourth-order valence-electron chi connectivity index (χ4n) is 2.62. The van der Waals surface area contributed by atoms with Gasteiger partial charge in [0.1, 0.15) is 0 Å². The van der Waals surface area contributed by atoms with Gasteiger partial charge in [0.2, 0.25) is 11.8 Å². The molecule has 2 aromatic carbocycles. The third-order valence-corrected chi connectivity index (χ3v) is 4.88. The van der Waals surface area contributed by atoms with E-state index in [1.54, 1.807) is 24.3 Å². The van der Waals surface area contributed by atoms with Gasteiger partial charge in [0.15, 0.2) is 5.13 Å². The number of hydrogen-bond acceptors (Lipinski definition) is 7. The summed E-state index contributed by atoms with van der Waals surface area (Å²) in [6.07, 6.45) is 0.910. The highest BCUT2D eigenvalue weighted by Crippen LogP contribution is 2.28. The first-order valence-electron chi connectivity index (χ1n) is 8.87. The number of aromatic nitrogens is 1. The SMILES string of the molecule is CC(=O)Nc1ccc2nc(NC(=O)CCCNc3ccc([N+](=O)[O-])cc3)sc2c1. The Balaban J connectivity index is 1.46. The first kappa shape index (κ1) is 20.2. The number of nitro groups is 1. The predicted molar refractivity (Wildman–Crippen MR) is 113 cm³/mol. The number of nitro benzene ring substituents is 1. The summed E-state index contributed by atoms with van der Waals surface area (Å²) in [6.45, 7) is 2.00. The average Bonchev–Trinajstić information content (AvgIpc) is 3.06. The number of nitrogens with one attached hydrogen (secondary N) is 3. The van der Waals surface area contributed by atoms with Gasteiger partial charge in [0, 0.05) is 43.4 Å². The van der Waals surface area contributed by atoms with Crippen LogP contribution < -0.4 is 16.0 Å². The van der Waals surface area contributed by atoms with Crippen LogP contribution in [0.5, 0.6) is 0 Å². The third-order valence-electron chi connectivity index (χ3n) is 3.94. The molecular formula is C19H19N5O4S. The van der Waals surface area contributed by atoms with Crippen LogP contribution in [0.4, 0.5) is 22.2 Å². The Morgan fingerprint density at radius 1 is 1.10 bits per heavy atom. The highest BCUT2D eigenvalue weighted by Gasteiger charge is 2.09. The molecule has 10 heteroatoms. The van der Waals surface area contributed by atoms with Gasteiger partial charge in [-0.3, -0.25) is 19.7 Å². The monoisotopic (exact) mass is 413 g/mol. The molecule has 0 radical (unpaired) electrons. The Labute approximate surface area is 170 Å². The van der Waals surface area contributed by atoms with Crippen molar-refractivity contribution in [3.63, 3.8) is 0 Å². The molecule has 0 aliphatic rings. The van der Waals surface area contributed by atoms with Crippen molar-refractivity contribution in [2.75, 3.05) is 22.5 Å². The van der Waals surface area contributed by atoms with Crippen molar-refractivity contribution in [3.05, 3.63) is 52.6 Å². The quantitative estimate of drug-likeness (QED) is 0.291. The molecule has 3 rings (SSSR count). The molecule has 1 heterocycles. The molecule has 0 fully saturated rings. The van der Waals surface area contributed by atoms with Crippen molar-refractivity contribution in [2.24, 2.45) is 0 Å². The second-order valence-electron chi connectivity index (χ2n) is 6.27. The zero-order valence-electron chi connectivity index (χ0n) is 15.6. The lowest BCUT2D eigenvalue weighted by molar-refractivity contribution is -0.384. The number of nitrogens with zero attached hydrogens (tertiary/aromatic N) is 2. The van der Waals surface area contributed by atoms with E-state index in [0.29, 0.717) is 30.2 Å². The van der Waals surface area contributed by atoms with Crippen LogP contribution >= 0.6 is 11.3 Å². The molecule has 3 aromatic rings. The summed E-state index contributed by atoms with van der Waals surface area (Å²) >= 11 is 1.34. The van der Waals surface area contributed by atoms with Crippen molar-refractivity contribution in [1.29, 1.82) is 0 Å². The van der Waals surface area contributed by atoms with Crippen LogP contribution in [-0.4, -0.2) is 28.3 Å². The molecule has 0 atom stereocenters. The summed E-state index contributed by atoms with van der Waals surface area (Å²) in [5.41, 5.74) is 2.23. The van der Waals surface area contributed by atoms with Crippen molar-refractivity contribution >= 4 is 55.6 Å². The van der Waals surface area contributed by atoms with E-state index in [2.05, 4.69) is 20.9 Å². The fraction of sp³-hybridized carbons (Fsp3) is 0.211. The fourth-order valence-corrected chi connectivity index (χ4v) is 3.54. The standard InChI is InChI=1S/C19H19N5O4S/c1-12(25)21-14-6-9-16-17(11-14)29-19(22-16)23-18(26)3-2-10-20-13-4-7-15(8-5-13)24(27)28/h4-9,11,20H,2-3,10H2,1H3,(H,21,25)(H,22,23,26). The molecule has 1 aromatic heterocycles. The van der Waals surface area contributed by atoms with E-state index in [0.717, 1.165) is 15.9 Å². The Morgan fingerprint density at radius 3 is 2.52 bits per heavy atom. The average molecular weight is 413 g/mol. The maximum atomic E-state index is 12.1. The Bertz CT molecular complexity index is 1050. The van der Waals surface area contributed by atoms with Gasteiger partial charge < -0.3 is 16.0 Å². The van der Waals surface area contributed by atoms with E-state index in [-0.39, 0.29) is 17.5 Å². The van der Waals surface area contributed by atoms with Crippen molar-refractivity contribution in [1.82, 2.24) is 4.98 Å². The highest BCUT2D eigenvalue weighted by atomic mass is 32.1. The number of amides is 2. The maximum absolute atomic E-state index is 12.1. The van der Waals surface area contributed by atoms with E-state index in [4.69, 9.17) is 0 Å². The van der Waals surface area contributed by atoms with Gasteiger partial charge in [0.25, 0.3) is 5.69 Å². The van der Waals surface area contributed by atoms with Gasteiger partial charge in [-0.25, -0.2) is 4.98 Å². The van der Waals surface area contributed by atoms with Crippen LogP contribution in [-0.2, 0) is 9.59 Å². The molecule has 0 saturated heterocycles. The zero-order valence-corrected chi connectivity index (χ0v) is 16.4. The number of rotatable bonds is 8. The normalized spacial score (nSPS) is 10.5. The van der Waals surface area contributed by atoms with E-state index in [9.17, 15) is 19.7 Å². The second kappa shape index (κ2) is 9.11. The zero-order chi connectivity index (χ0) is 20.8. The number of thiazole rings is 1. The van der Waals surface area contributed by atoms with Crippen molar-refractivity contribution in [2.45, 2.75) is 19.8 Å². The summed E-state index contributed by atoms with van der Waals surface area (Å²) in [7, 11) is 0. The number of non-ortho nitro benzene ring substituents is 1. The minimum absolute atomic E-state index is 0.0370. The van der Waals surface area contributed by atoms with Gasteiger partial charge in [-0.15, -0.1) is 0 Å². The molecule has 0 unspecified atom stereocenters. The lowest BCUT2D eigenvalue weighted by Gasteiger charge is -2.06. The molecule has 9 nitrogen and oxygen atoms in total. The van der Waals surface area contributed by atoms with Crippen LogP contribution in [0.1, 0.15) is 19.8 Å². The van der Waals surface area contributed by atoms with Gasteiger partial charge in [-0.1, -0.05) is 11.3 Å². The molecular weight excluding hydrogens is 394 g/mol. The topological polar surface area (TPSA) is 126 Å². The first-order valence-corrected chi connectivity index (χ1v) is 9.69. The summed E-state index contributed by atoms with van der Waals surface area (Å²) in [4.78, 5) is 37.8. The third kappa shape index (κ3) is 5.72. The minimum atomic E-state index is -0.448. The summed E-state index contributed by atoms with van der Waals surface area (Å²) in [6, 6.07) is 11.5. The Morgan fingerprint density at radius 2 is 1.83 bits per heavy atom. The smallest absolute Gasteiger partial charge is 0.269 e. The molecule has 29 heavy (non-hydrogen) atoms. The number of carbonyl (C=O) groups is 2. The molecule has 2 amide bonds. The number of anilines is 3. The van der Waals surface area contributed by atoms with Crippen molar-refractivity contribution < 1.29 is 14.5 Å². The van der Waals surface area contributed by atoms with Crippen LogP contribution in [0.2, 0.25) is 0 Å². The van der Waals surface area contributed by atoms with E-state index < -0.39 is 4.92 Å². The van der Waals surface area contributed by atoms with Crippen LogP contribution in [0, 0.1) is 10.1 Å². The largest absolute Gasteiger partial charge is 0.385 e. The number of fused-ring (bicyclic) bond motifs is 1. The summed E-state index contributed by atoms with van der Waals surface area (Å²) in [5, 5.41) is 19.8. The summed E-state index contributed by atoms with van der Waals surface area (Å²) in [5.74, 6) is -0.290. The molecule has 3 N–H and O–H groups in total. The van der Waals surface area contributed by atoms with Crippen molar-refractivity contribution in [3.8, 4) is 0 Å². The van der Waals surface area contributed by atoms with Crippen LogP contribution in [0.3, 0.4) is 0 Å². The van der Waals surface area contributed by atoms with E-state index in [1.807, 2.05) is 6.07 Å². The minimum Gasteiger partial charge on any atom is -0.385 e. The Kier molecular flexibility index (Phi) is 6.35. The van der Waals surface area contributed by atoms with Gasteiger partial charge >= 0.3 is 0 Å². The molecule has 0 aliphatic carbocycles. The Hall–Kier alpha value is -3.53. The van der Waals surface area contributed by atoms with Crippen LogP contribution in [0.15, 0.2) is 42.5 Å². The van der Waals surface area contributed by atoms with Gasteiger partial charge in [-0.2, -0.15) is 0 Å². The highest BCUT2D eigenvalue weighted by molar-refractivity contribution is 7.22. The summed E-state index contributed by atoms with van der Waals surface area (Å²) < 4.78 is 0.867. The van der Waals surface area contributed by atoms with E-state index in [1.165, 1.54) is 30.4 Å². The molecule has 0 saturated carbocycles. The molecule has 150 valence electrons. The molecule has 0 spiro atoms. The van der Waals surface area contributed by atoms with Gasteiger partial charge in [-0.05, 0) is 36.8 Å². The molecule has 0 aliphatic heterocycles. The van der Waals surface area contributed by atoms with Gasteiger partial charge in [0.05, 0.1) is 15.1 Å². The van der Waals surface area contributed by atoms with E-state index >= 15 is 0 Å². The first-order chi connectivity index (χ1) is 13.9. The number of benzene rings is 2. The molecule has 0 bridgehead atoms. The lowest BCUT2D eigenvalue weighted by atomic mass is 10.2. The van der Waals surface area contributed by atoms with Crippen LogP contribution in [0.25, 0.3) is 10.2 Å². The number of hydrogen-bond donors (Lipinski definition) is 3. The lowest BCUT2D eigenvalue weighted by Crippen LogP contribution is -2.13. The maximum Gasteiger partial charge on any atom is 0.269 e. The second-order valence-corrected chi connectivity index (χ2v) is 7.30. The number of carbonyl (C=O) groups excluding carboxylic acids is 2.